The monoisotopic (exact) mass is 426 g/mol. The Morgan fingerprint density at radius 2 is 1.97 bits per heavy atom. The Kier molecular flexibility index (Phi) is 5.55. The maximum atomic E-state index is 13.1. The molecule has 3 heterocycles. The maximum absolute atomic E-state index is 13.1. The van der Waals surface area contributed by atoms with Gasteiger partial charge in [-0.2, -0.15) is 0 Å². The molecule has 2 aromatic heterocycles. The summed E-state index contributed by atoms with van der Waals surface area (Å²) in [7, 11) is 0. The molecule has 5 nitrogen and oxygen atoms in total. The lowest BCUT2D eigenvalue weighted by Crippen LogP contribution is -2.35. The van der Waals surface area contributed by atoms with Crippen molar-refractivity contribution in [2.75, 3.05) is 13.1 Å². The van der Waals surface area contributed by atoms with Gasteiger partial charge in [-0.1, -0.05) is 49.4 Å². The van der Waals surface area contributed by atoms with Crippen LogP contribution >= 0.6 is 0 Å². The molecule has 0 radical (unpaired) electrons. The van der Waals surface area contributed by atoms with Crippen molar-refractivity contribution >= 4 is 22.4 Å². The Bertz CT molecular complexity index is 1270. The molecule has 0 fully saturated rings. The Hall–Kier alpha value is -3.73. The van der Waals surface area contributed by atoms with Crippen LogP contribution in [0.2, 0.25) is 0 Å². The Labute approximate surface area is 187 Å². The van der Waals surface area contributed by atoms with Crippen molar-refractivity contribution in [2.45, 2.75) is 26.4 Å². The third-order valence-electron chi connectivity index (χ3n) is 6.10. The smallest absolute Gasteiger partial charge is 0.290 e. The molecular weight excluding hydrogens is 400 g/mol. The molecule has 5 heteroatoms. The molecule has 0 aliphatic carbocycles. The standard InChI is InChI=1S/C27H26N2O3/c1-2-19-7-6-10-23-24(17-28-25(19)23)20-11-14-29(15-12-20)27(30)26-21(13-16-31-26)18-32-22-8-4-3-5-9-22/h3-11,13,16-17,28H,2,12,14-15,18H2,1H3. The zero-order valence-electron chi connectivity index (χ0n) is 18.1. The normalized spacial score (nSPS) is 13.9. The first-order valence-corrected chi connectivity index (χ1v) is 11.1. The summed E-state index contributed by atoms with van der Waals surface area (Å²) in [5.41, 5.74) is 5.81. The van der Waals surface area contributed by atoms with Crippen molar-refractivity contribution in [1.29, 1.82) is 0 Å². The first kappa shape index (κ1) is 20.2. The van der Waals surface area contributed by atoms with E-state index in [0.717, 1.165) is 24.2 Å². The second kappa shape index (κ2) is 8.79. The Morgan fingerprint density at radius 3 is 2.75 bits per heavy atom. The van der Waals surface area contributed by atoms with Crippen molar-refractivity contribution in [2.24, 2.45) is 0 Å². The molecule has 162 valence electrons. The van der Waals surface area contributed by atoms with E-state index in [1.165, 1.54) is 27.6 Å². The second-order valence-corrected chi connectivity index (χ2v) is 8.00. The van der Waals surface area contributed by atoms with Crippen molar-refractivity contribution in [3.8, 4) is 5.75 Å². The number of rotatable bonds is 6. The summed E-state index contributed by atoms with van der Waals surface area (Å²) in [5, 5.41) is 1.25. The molecule has 5 rings (SSSR count). The number of nitrogens with zero attached hydrogens (tertiary/aromatic N) is 1. The van der Waals surface area contributed by atoms with E-state index < -0.39 is 0 Å². The lowest BCUT2D eigenvalue weighted by Gasteiger charge is -2.26. The summed E-state index contributed by atoms with van der Waals surface area (Å²) < 4.78 is 11.4. The van der Waals surface area contributed by atoms with Gasteiger partial charge in [0, 0.05) is 41.3 Å². The number of amides is 1. The second-order valence-electron chi connectivity index (χ2n) is 8.00. The maximum Gasteiger partial charge on any atom is 0.290 e. The number of aryl methyl sites for hydroxylation is 1. The fraction of sp³-hybridized carbons (Fsp3) is 0.222. The number of furan rings is 1. The van der Waals surface area contributed by atoms with Crippen molar-refractivity contribution < 1.29 is 13.9 Å². The van der Waals surface area contributed by atoms with Crippen LogP contribution in [0.3, 0.4) is 0 Å². The van der Waals surface area contributed by atoms with Gasteiger partial charge in [0.1, 0.15) is 12.4 Å². The number of hydrogen-bond donors (Lipinski definition) is 1. The van der Waals surface area contributed by atoms with Crippen LogP contribution in [-0.2, 0) is 13.0 Å². The van der Waals surface area contributed by atoms with Crippen LogP contribution in [-0.4, -0.2) is 28.9 Å². The topological polar surface area (TPSA) is 58.5 Å². The van der Waals surface area contributed by atoms with Gasteiger partial charge in [0.25, 0.3) is 5.91 Å². The minimum absolute atomic E-state index is 0.0934. The molecule has 32 heavy (non-hydrogen) atoms. The molecule has 1 N–H and O–H groups in total. The van der Waals surface area contributed by atoms with Gasteiger partial charge in [0.2, 0.25) is 0 Å². The summed E-state index contributed by atoms with van der Waals surface area (Å²) in [6.45, 7) is 3.69. The van der Waals surface area contributed by atoms with E-state index in [4.69, 9.17) is 9.15 Å². The summed E-state index contributed by atoms with van der Waals surface area (Å²) in [6, 6.07) is 17.8. The van der Waals surface area contributed by atoms with Crippen LogP contribution in [0.15, 0.2) is 77.6 Å². The number of carbonyl (C=O) groups is 1. The van der Waals surface area contributed by atoms with Gasteiger partial charge in [-0.05, 0) is 42.2 Å². The predicted octanol–water partition coefficient (Wildman–Crippen LogP) is 5.83. The number of nitrogens with one attached hydrogen (secondary N) is 1. The number of para-hydroxylation sites is 2. The van der Waals surface area contributed by atoms with Gasteiger partial charge in [0.15, 0.2) is 5.76 Å². The molecule has 0 spiro atoms. The van der Waals surface area contributed by atoms with Gasteiger partial charge >= 0.3 is 0 Å². The van der Waals surface area contributed by atoms with Gasteiger partial charge in [-0.3, -0.25) is 4.79 Å². The molecule has 1 aliphatic heterocycles. The molecule has 0 bridgehead atoms. The van der Waals surface area contributed by atoms with Crippen LogP contribution < -0.4 is 4.74 Å². The summed E-state index contributed by atoms with van der Waals surface area (Å²) >= 11 is 0. The third-order valence-corrected chi connectivity index (χ3v) is 6.10. The van der Waals surface area contributed by atoms with E-state index in [2.05, 4.69) is 42.4 Å². The van der Waals surface area contributed by atoms with E-state index in [1.807, 2.05) is 35.2 Å². The predicted molar refractivity (Wildman–Crippen MR) is 126 cm³/mol. The fourth-order valence-electron chi connectivity index (χ4n) is 4.33. The Morgan fingerprint density at radius 1 is 1.09 bits per heavy atom. The molecule has 4 aromatic rings. The quantitative estimate of drug-likeness (QED) is 0.422. The summed E-state index contributed by atoms with van der Waals surface area (Å²) in [4.78, 5) is 18.4. The number of carbonyl (C=O) groups excluding carboxylic acids is 1. The molecule has 1 aliphatic rings. The van der Waals surface area contributed by atoms with Crippen molar-refractivity contribution in [1.82, 2.24) is 9.88 Å². The average Bonchev–Trinajstić information content (AvgIpc) is 3.50. The van der Waals surface area contributed by atoms with Gasteiger partial charge < -0.3 is 19.0 Å². The highest BCUT2D eigenvalue weighted by atomic mass is 16.5. The first-order chi connectivity index (χ1) is 15.7. The van der Waals surface area contributed by atoms with Crippen LogP contribution in [0, 0.1) is 0 Å². The molecule has 1 amide bonds. The van der Waals surface area contributed by atoms with Crippen LogP contribution in [0.5, 0.6) is 5.75 Å². The lowest BCUT2D eigenvalue weighted by molar-refractivity contribution is 0.0737. The highest BCUT2D eigenvalue weighted by Crippen LogP contribution is 2.31. The third kappa shape index (κ3) is 3.82. The van der Waals surface area contributed by atoms with Crippen LogP contribution in [0.25, 0.3) is 16.5 Å². The molecular formula is C27H26N2O3. The molecule has 0 atom stereocenters. The highest BCUT2D eigenvalue weighted by molar-refractivity contribution is 5.96. The van der Waals surface area contributed by atoms with E-state index in [9.17, 15) is 4.79 Å². The van der Waals surface area contributed by atoms with E-state index in [0.29, 0.717) is 25.5 Å². The number of H-pyrrole nitrogens is 1. The molecule has 0 saturated carbocycles. The SMILES string of the molecule is CCc1cccc2c(C3=CCN(C(=O)c4occc4COc4ccccc4)CC3)c[nH]c12. The molecule has 2 aromatic carbocycles. The van der Waals surface area contributed by atoms with Crippen LogP contribution in [0.1, 0.15) is 40.6 Å². The number of aromatic nitrogens is 1. The molecule has 0 saturated heterocycles. The number of aromatic amines is 1. The van der Waals surface area contributed by atoms with Crippen LogP contribution in [0.4, 0.5) is 0 Å². The zero-order chi connectivity index (χ0) is 21.9. The minimum Gasteiger partial charge on any atom is -0.489 e. The number of fused-ring (bicyclic) bond motifs is 1. The fourth-order valence-corrected chi connectivity index (χ4v) is 4.33. The zero-order valence-corrected chi connectivity index (χ0v) is 18.1. The molecule has 0 unspecified atom stereocenters. The summed E-state index contributed by atoms with van der Waals surface area (Å²) in [5.74, 6) is 1.03. The Balaban J connectivity index is 1.30. The van der Waals surface area contributed by atoms with Crippen molar-refractivity contribution in [3.63, 3.8) is 0 Å². The highest BCUT2D eigenvalue weighted by Gasteiger charge is 2.25. The van der Waals surface area contributed by atoms with E-state index in [1.54, 1.807) is 12.3 Å². The van der Waals surface area contributed by atoms with E-state index in [-0.39, 0.29) is 5.91 Å². The minimum atomic E-state index is -0.0934. The number of hydrogen-bond acceptors (Lipinski definition) is 3. The first-order valence-electron chi connectivity index (χ1n) is 11.1. The van der Waals surface area contributed by atoms with Gasteiger partial charge in [-0.25, -0.2) is 0 Å². The average molecular weight is 427 g/mol. The van der Waals surface area contributed by atoms with E-state index >= 15 is 0 Å². The number of benzene rings is 2. The van der Waals surface area contributed by atoms with Crippen molar-refractivity contribution in [3.05, 3.63) is 95.6 Å². The largest absolute Gasteiger partial charge is 0.489 e. The van der Waals surface area contributed by atoms with Gasteiger partial charge in [-0.15, -0.1) is 0 Å². The van der Waals surface area contributed by atoms with Gasteiger partial charge in [0.05, 0.1) is 6.26 Å². The number of ether oxygens (including phenoxy) is 1. The lowest BCUT2D eigenvalue weighted by atomic mass is 9.97. The summed E-state index contributed by atoms with van der Waals surface area (Å²) in [6.07, 6.45) is 7.62.